The van der Waals surface area contributed by atoms with Gasteiger partial charge in [0.15, 0.2) is 5.37 Å². The molecular formula is C14H18N2O4S. The van der Waals surface area contributed by atoms with Crippen LogP contribution in [-0.2, 0) is 4.79 Å². The Morgan fingerprint density at radius 1 is 1.38 bits per heavy atom. The smallest absolute Gasteiger partial charge is 0.408 e. The SMILES string of the molecule is O=C(N[C@@H](CCO)c1ccccc1)[C@@H]1SCCN1C(=O)O. The summed E-state index contributed by atoms with van der Waals surface area (Å²) in [5.74, 6) is 0.280. The number of aliphatic hydroxyl groups is 1. The summed E-state index contributed by atoms with van der Waals surface area (Å²) < 4.78 is 0. The highest BCUT2D eigenvalue weighted by molar-refractivity contribution is 8.00. The fourth-order valence-corrected chi connectivity index (χ4v) is 3.38. The summed E-state index contributed by atoms with van der Waals surface area (Å²) in [5.41, 5.74) is 0.893. The predicted molar refractivity (Wildman–Crippen MR) is 80.0 cm³/mol. The van der Waals surface area contributed by atoms with Gasteiger partial charge in [0.1, 0.15) is 0 Å². The molecule has 1 saturated heterocycles. The molecule has 3 N–H and O–H groups in total. The molecule has 1 aromatic rings. The molecule has 0 aromatic heterocycles. The molecule has 1 aliphatic rings. The highest BCUT2D eigenvalue weighted by Gasteiger charge is 2.35. The number of carbonyl (C=O) groups excluding carboxylic acids is 1. The summed E-state index contributed by atoms with van der Waals surface area (Å²) >= 11 is 1.31. The van der Waals surface area contributed by atoms with E-state index >= 15 is 0 Å². The van der Waals surface area contributed by atoms with Gasteiger partial charge in [-0.2, -0.15) is 0 Å². The molecular weight excluding hydrogens is 292 g/mol. The maximum atomic E-state index is 12.3. The van der Waals surface area contributed by atoms with Crippen molar-refractivity contribution >= 4 is 23.8 Å². The first-order chi connectivity index (χ1) is 10.1. The summed E-state index contributed by atoms with van der Waals surface area (Å²) in [6.07, 6.45) is -0.696. The van der Waals surface area contributed by atoms with Crippen LogP contribution in [0.4, 0.5) is 4.79 Å². The maximum absolute atomic E-state index is 12.3. The van der Waals surface area contributed by atoms with E-state index < -0.39 is 11.5 Å². The van der Waals surface area contributed by atoms with Crippen molar-refractivity contribution in [1.29, 1.82) is 0 Å². The van der Waals surface area contributed by atoms with Crippen LogP contribution in [0.1, 0.15) is 18.0 Å². The zero-order chi connectivity index (χ0) is 15.2. The van der Waals surface area contributed by atoms with Gasteiger partial charge in [0.2, 0.25) is 0 Å². The van der Waals surface area contributed by atoms with Crippen molar-refractivity contribution < 1.29 is 19.8 Å². The van der Waals surface area contributed by atoms with Gasteiger partial charge in [-0.25, -0.2) is 4.79 Å². The number of amides is 2. The van der Waals surface area contributed by atoms with Crippen molar-refractivity contribution in [3.63, 3.8) is 0 Å². The lowest BCUT2D eigenvalue weighted by Crippen LogP contribution is -2.45. The highest BCUT2D eigenvalue weighted by atomic mass is 32.2. The predicted octanol–water partition coefficient (Wildman–Crippen LogP) is 1.28. The number of aliphatic hydroxyl groups excluding tert-OH is 1. The molecule has 0 saturated carbocycles. The molecule has 7 heteroatoms. The number of carboxylic acid groups (broad SMARTS) is 1. The molecule has 0 aliphatic carbocycles. The van der Waals surface area contributed by atoms with Crippen LogP contribution in [0.3, 0.4) is 0 Å². The second-order valence-electron chi connectivity index (χ2n) is 4.68. The Hall–Kier alpha value is -1.73. The second-order valence-corrected chi connectivity index (χ2v) is 5.87. The molecule has 1 aromatic carbocycles. The number of thioether (sulfide) groups is 1. The Morgan fingerprint density at radius 2 is 2.10 bits per heavy atom. The largest absolute Gasteiger partial charge is 0.465 e. The molecule has 2 atom stereocenters. The molecule has 2 rings (SSSR count). The normalized spacial score (nSPS) is 19.3. The van der Waals surface area contributed by atoms with Gasteiger partial charge in [0.05, 0.1) is 6.04 Å². The molecule has 1 fully saturated rings. The summed E-state index contributed by atoms with van der Waals surface area (Å²) in [7, 11) is 0. The Balaban J connectivity index is 2.06. The van der Waals surface area contributed by atoms with Crippen LogP contribution in [0.25, 0.3) is 0 Å². The summed E-state index contributed by atoms with van der Waals surface area (Å²) in [6, 6.07) is 9.02. The first-order valence-electron chi connectivity index (χ1n) is 6.71. The van der Waals surface area contributed by atoms with E-state index in [1.807, 2.05) is 30.3 Å². The molecule has 0 radical (unpaired) electrons. The lowest BCUT2D eigenvalue weighted by molar-refractivity contribution is -0.123. The van der Waals surface area contributed by atoms with Crippen molar-refractivity contribution in [2.45, 2.75) is 17.8 Å². The minimum absolute atomic E-state index is 0.0553. The number of carbonyl (C=O) groups is 2. The minimum Gasteiger partial charge on any atom is -0.465 e. The van der Waals surface area contributed by atoms with Crippen molar-refractivity contribution in [3.8, 4) is 0 Å². The van der Waals surface area contributed by atoms with E-state index in [2.05, 4.69) is 5.32 Å². The fraction of sp³-hybridized carbons (Fsp3) is 0.429. The highest BCUT2D eigenvalue weighted by Crippen LogP contribution is 2.25. The quantitative estimate of drug-likeness (QED) is 0.762. The molecule has 0 bridgehead atoms. The van der Waals surface area contributed by atoms with Gasteiger partial charge in [0.25, 0.3) is 5.91 Å². The summed E-state index contributed by atoms with van der Waals surface area (Å²) in [6.45, 7) is 0.300. The van der Waals surface area contributed by atoms with Gasteiger partial charge in [-0.1, -0.05) is 30.3 Å². The van der Waals surface area contributed by atoms with Gasteiger partial charge in [0, 0.05) is 18.9 Å². The zero-order valence-electron chi connectivity index (χ0n) is 11.4. The monoisotopic (exact) mass is 310 g/mol. The van der Waals surface area contributed by atoms with E-state index in [1.54, 1.807) is 0 Å². The number of hydrogen-bond donors (Lipinski definition) is 3. The lowest BCUT2D eigenvalue weighted by atomic mass is 10.0. The standard InChI is InChI=1S/C14H18N2O4S/c17-8-6-11(10-4-2-1-3-5-10)15-12(18)13-16(14(19)20)7-9-21-13/h1-5,11,13,17H,6-9H2,(H,15,18)(H,19,20)/t11-,13-/m0/s1. The second kappa shape index (κ2) is 7.33. The number of rotatable bonds is 5. The summed E-state index contributed by atoms with van der Waals surface area (Å²) in [5, 5.41) is 20.4. The molecule has 0 spiro atoms. The number of nitrogens with one attached hydrogen (secondary N) is 1. The van der Waals surface area contributed by atoms with Gasteiger partial charge >= 0.3 is 6.09 Å². The number of benzene rings is 1. The van der Waals surface area contributed by atoms with Crippen LogP contribution in [0.15, 0.2) is 30.3 Å². The van der Waals surface area contributed by atoms with E-state index in [1.165, 1.54) is 11.8 Å². The van der Waals surface area contributed by atoms with Gasteiger partial charge in [-0.3, -0.25) is 9.69 Å². The molecule has 2 amide bonds. The van der Waals surface area contributed by atoms with E-state index in [0.717, 1.165) is 10.5 Å². The molecule has 0 unspecified atom stereocenters. The molecule has 114 valence electrons. The average Bonchev–Trinajstić information content (AvgIpc) is 2.97. The van der Waals surface area contributed by atoms with Crippen LogP contribution in [0.2, 0.25) is 0 Å². The van der Waals surface area contributed by atoms with Crippen LogP contribution in [0, 0.1) is 0 Å². The first kappa shape index (κ1) is 15.7. The first-order valence-corrected chi connectivity index (χ1v) is 7.75. The van der Waals surface area contributed by atoms with E-state index in [-0.39, 0.29) is 18.6 Å². The third-order valence-electron chi connectivity index (χ3n) is 3.30. The fourth-order valence-electron chi connectivity index (χ4n) is 2.26. The zero-order valence-corrected chi connectivity index (χ0v) is 12.3. The van der Waals surface area contributed by atoms with Crippen LogP contribution >= 0.6 is 11.8 Å². The Bertz CT molecular complexity index is 497. The van der Waals surface area contributed by atoms with E-state index in [0.29, 0.717) is 18.7 Å². The molecule has 6 nitrogen and oxygen atoms in total. The van der Waals surface area contributed by atoms with Crippen molar-refractivity contribution in [1.82, 2.24) is 10.2 Å². The number of nitrogens with zero attached hydrogens (tertiary/aromatic N) is 1. The Morgan fingerprint density at radius 3 is 2.71 bits per heavy atom. The van der Waals surface area contributed by atoms with Crippen LogP contribution in [0.5, 0.6) is 0 Å². The topological polar surface area (TPSA) is 89.9 Å². The lowest BCUT2D eigenvalue weighted by Gasteiger charge is -2.24. The van der Waals surface area contributed by atoms with Gasteiger partial charge in [-0.15, -0.1) is 11.8 Å². The van der Waals surface area contributed by atoms with Crippen molar-refractivity contribution in [3.05, 3.63) is 35.9 Å². The molecule has 21 heavy (non-hydrogen) atoms. The summed E-state index contributed by atoms with van der Waals surface area (Å²) in [4.78, 5) is 24.5. The third-order valence-corrected chi connectivity index (χ3v) is 4.50. The number of hydrogen-bond acceptors (Lipinski definition) is 4. The van der Waals surface area contributed by atoms with Gasteiger partial charge in [-0.05, 0) is 12.0 Å². The van der Waals surface area contributed by atoms with Crippen LogP contribution < -0.4 is 5.32 Å². The van der Waals surface area contributed by atoms with E-state index in [9.17, 15) is 9.59 Å². The maximum Gasteiger partial charge on any atom is 0.408 e. The third kappa shape index (κ3) is 3.89. The molecule has 1 aliphatic heterocycles. The van der Waals surface area contributed by atoms with E-state index in [4.69, 9.17) is 10.2 Å². The Kier molecular flexibility index (Phi) is 5.46. The van der Waals surface area contributed by atoms with Gasteiger partial charge < -0.3 is 15.5 Å². The van der Waals surface area contributed by atoms with Crippen molar-refractivity contribution in [2.75, 3.05) is 18.9 Å². The Labute approximate surface area is 127 Å². The van der Waals surface area contributed by atoms with Crippen molar-refractivity contribution in [2.24, 2.45) is 0 Å². The minimum atomic E-state index is -1.08. The molecule has 1 heterocycles. The average molecular weight is 310 g/mol. The van der Waals surface area contributed by atoms with Crippen LogP contribution in [-0.4, -0.2) is 51.4 Å².